The lowest BCUT2D eigenvalue weighted by Gasteiger charge is -2.17. The topological polar surface area (TPSA) is 15.3 Å². The van der Waals surface area contributed by atoms with Crippen LogP contribution in [0.4, 0.5) is 5.69 Å². The minimum atomic E-state index is 1.11. The third-order valence-electron chi connectivity index (χ3n) is 2.21. The zero-order chi connectivity index (χ0) is 8.39. The zero-order valence-electron chi connectivity index (χ0n) is 7.38. The van der Waals surface area contributed by atoms with Gasteiger partial charge < -0.3 is 5.01 Å². The lowest BCUT2D eigenvalue weighted by atomic mass is 10.2. The highest BCUT2D eigenvalue weighted by molar-refractivity contribution is 5.46. The van der Waals surface area contributed by atoms with Gasteiger partial charge in [-0.15, -0.1) is 0 Å². The molecule has 2 heteroatoms. The number of anilines is 1. The number of nitrogens with zero attached hydrogens (tertiary/aromatic N) is 1. The molecule has 1 aromatic rings. The third-order valence-corrected chi connectivity index (χ3v) is 2.21. The molecule has 0 unspecified atom stereocenters. The van der Waals surface area contributed by atoms with Crippen LogP contribution in [0.15, 0.2) is 24.3 Å². The fourth-order valence-corrected chi connectivity index (χ4v) is 1.48. The molecular weight excluding hydrogens is 148 g/mol. The summed E-state index contributed by atoms with van der Waals surface area (Å²) in [5, 5.41) is 2.21. The standard InChI is InChI=1S/C10H14N2/c1-9-3-5-10(6-4-9)12-8-2-7-11-12/h3-6,11H,2,7-8H2,1H3. The van der Waals surface area contributed by atoms with Gasteiger partial charge in [-0.3, -0.25) is 0 Å². The Kier molecular flexibility index (Phi) is 2.00. The number of nitrogens with one attached hydrogen (secondary N) is 1. The van der Waals surface area contributed by atoms with Gasteiger partial charge in [0.25, 0.3) is 0 Å². The summed E-state index contributed by atoms with van der Waals surface area (Å²) in [5.74, 6) is 0. The molecular formula is C10H14N2. The van der Waals surface area contributed by atoms with Crippen molar-refractivity contribution in [3.63, 3.8) is 0 Å². The van der Waals surface area contributed by atoms with Crippen molar-refractivity contribution < 1.29 is 0 Å². The van der Waals surface area contributed by atoms with E-state index in [2.05, 4.69) is 41.6 Å². The summed E-state index contributed by atoms with van der Waals surface area (Å²) in [6, 6.07) is 8.62. The number of hydrogen-bond acceptors (Lipinski definition) is 2. The van der Waals surface area contributed by atoms with Gasteiger partial charge in [-0.05, 0) is 25.5 Å². The second kappa shape index (κ2) is 3.15. The predicted octanol–water partition coefficient (Wildman–Crippen LogP) is 1.71. The van der Waals surface area contributed by atoms with E-state index in [0.29, 0.717) is 0 Å². The molecule has 1 N–H and O–H groups in total. The molecule has 1 fully saturated rings. The van der Waals surface area contributed by atoms with Crippen molar-refractivity contribution in [3.8, 4) is 0 Å². The molecule has 1 aliphatic heterocycles. The Labute approximate surface area is 73.2 Å². The van der Waals surface area contributed by atoms with Gasteiger partial charge in [-0.25, -0.2) is 5.43 Å². The first-order valence-electron chi connectivity index (χ1n) is 4.44. The van der Waals surface area contributed by atoms with Gasteiger partial charge in [0.2, 0.25) is 0 Å². The van der Waals surface area contributed by atoms with Gasteiger partial charge in [0, 0.05) is 13.1 Å². The van der Waals surface area contributed by atoms with Crippen molar-refractivity contribution in [2.45, 2.75) is 13.3 Å². The van der Waals surface area contributed by atoms with Crippen LogP contribution < -0.4 is 10.4 Å². The van der Waals surface area contributed by atoms with Crippen molar-refractivity contribution in [1.29, 1.82) is 0 Å². The predicted molar refractivity (Wildman–Crippen MR) is 51.1 cm³/mol. The second-order valence-electron chi connectivity index (χ2n) is 3.25. The molecule has 64 valence electrons. The Bertz CT molecular complexity index is 247. The highest BCUT2D eigenvalue weighted by atomic mass is 15.5. The van der Waals surface area contributed by atoms with Crippen LogP contribution in [-0.2, 0) is 0 Å². The van der Waals surface area contributed by atoms with Gasteiger partial charge in [0.05, 0.1) is 5.69 Å². The van der Waals surface area contributed by atoms with Gasteiger partial charge in [-0.1, -0.05) is 17.7 Å². The fourth-order valence-electron chi connectivity index (χ4n) is 1.48. The molecule has 2 nitrogen and oxygen atoms in total. The quantitative estimate of drug-likeness (QED) is 0.676. The number of hydrazine groups is 1. The van der Waals surface area contributed by atoms with Crippen molar-refractivity contribution in [2.24, 2.45) is 0 Å². The maximum absolute atomic E-state index is 3.33. The summed E-state index contributed by atoms with van der Waals surface area (Å²) >= 11 is 0. The van der Waals surface area contributed by atoms with Crippen LogP contribution >= 0.6 is 0 Å². The molecule has 1 heterocycles. The van der Waals surface area contributed by atoms with E-state index in [1.54, 1.807) is 0 Å². The molecule has 12 heavy (non-hydrogen) atoms. The van der Waals surface area contributed by atoms with E-state index in [4.69, 9.17) is 0 Å². The Morgan fingerprint density at radius 3 is 2.58 bits per heavy atom. The van der Waals surface area contributed by atoms with Crippen molar-refractivity contribution in [3.05, 3.63) is 29.8 Å². The molecule has 0 spiro atoms. The maximum Gasteiger partial charge on any atom is 0.0519 e. The second-order valence-corrected chi connectivity index (χ2v) is 3.25. The first-order chi connectivity index (χ1) is 5.86. The average molecular weight is 162 g/mol. The van der Waals surface area contributed by atoms with Crippen LogP contribution in [0.3, 0.4) is 0 Å². The van der Waals surface area contributed by atoms with E-state index in [-0.39, 0.29) is 0 Å². The molecule has 1 saturated heterocycles. The van der Waals surface area contributed by atoms with Crippen LogP contribution in [0.5, 0.6) is 0 Å². The molecule has 0 saturated carbocycles. The Morgan fingerprint density at radius 2 is 2.00 bits per heavy atom. The van der Waals surface area contributed by atoms with E-state index >= 15 is 0 Å². The summed E-state index contributed by atoms with van der Waals surface area (Å²) in [7, 11) is 0. The van der Waals surface area contributed by atoms with Crippen LogP contribution in [0, 0.1) is 6.92 Å². The van der Waals surface area contributed by atoms with Crippen LogP contribution in [-0.4, -0.2) is 13.1 Å². The summed E-state index contributed by atoms with van der Waals surface area (Å²) in [6.45, 7) is 4.35. The Morgan fingerprint density at radius 1 is 1.25 bits per heavy atom. The molecule has 0 aromatic heterocycles. The van der Waals surface area contributed by atoms with Crippen molar-refractivity contribution in [2.75, 3.05) is 18.1 Å². The normalized spacial score (nSPS) is 16.9. The Hall–Kier alpha value is -1.02. The minimum Gasteiger partial charge on any atom is -0.308 e. The fraction of sp³-hybridized carbons (Fsp3) is 0.400. The summed E-state index contributed by atoms with van der Waals surface area (Å²) in [4.78, 5) is 0. The molecule has 2 rings (SSSR count). The van der Waals surface area contributed by atoms with E-state index < -0.39 is 0 Å². The number of hydrogen-bond donors (Lipinski definition) is 1. The van der Waals surface area contributed by atoms with Crippen LogP contribution in [0.25, 0.3) is 0 Å². The smallest absolute Gasteiger partial charge is 0.0519 e. The molecule has 0 amide bonds. The lowest BCUT2D eigenvalue weighted by Crippen LogP contribution is -2.30. The number of aryl methyl sites for hydroxylation is 1. The van der Waals surface area contributed by atoms with Gasteiger partial charge in [-0.2, -0.15) is 0 Å². The first kappa shape index (κ1) is 7.62. The zero-order valence-corrected chi connectivity index (χ0v) is 7.38. The van der Waals surface area contributed by atoms with Crippen molar-refractivity contribution >= 4 is 5.69 Å². The van der Waals surface area contributed by atoms with E-state index in [9.17, 15) is 0 Å². The highest BCUT2D eigenvalue weighted by Crippen LogP contribution is 2.15. The van der Waals surface area contributed by atoms with E-state index in [1.807, 2.05) is 0 Å². The first-order valence-corrected chi connectivity index (χ1v) is 4.44. The molecule has 0 bridgehead atoms. The van der Waals surface area contributed by atoms with E-state index in [0.717, 1.165) is 13.1 Å². The summed E-state index contributed by atoms with van der Waals surface area (Å²) in [6.07, 6.45) is 1.24. The van der Waals surface area contributed by atoms with Gasteiger partial charge >= 0.3 is 0 Å². The molecule has 0 aliphatic carbocycles. The molecule has 0 atom stereocenters. The van der Waals surface area contributed by atoms with Gasteiger partial charge in [0.1, 0.15) is 0 Å². The van der Waals surface area contributed by atoms with Crippen molar-refractivity contribution in [1.82, 2.24) is 5.43 Å². The Balaban J connectivity index is 2.17. The summed E-state index contributed by atoms with van der Waals surface area (Å²) in [5.41, 5.74) is 5.92. The molecule has 1 aliphatic rings. The minimum absolute atomic E-state index is 1.11. The highest BCUT2D eigenvalue weighted by Gasteiger charge is 2.10. The molecule has 1 aromatic carbocycles. The summed E-state index contributed by atoms with van der Waals surface area (Å²) < 4.78 is 0. The average Bonchev–Trinajstić information content (AvgIpc) is 2.58. The SMILES string of the molecule is Cc1ccc(N2CCCN2)cc1. The van der Waals surface area contributed by atoms with E-state index in [1.165, 1.54) is 17.7 Å². The number of benzene rings is 1. The molecule has 0 radical (unpaired) electrons. The maximum atomic E-state index is 3.33. The largest absolute Gasteiger partial charge is 0.308 e. The van der Waals surface area contributed by atoms with Crippen LogP contribution in [0.2, 0.25) is 0 Å². The monoisotopic (exact) mass is 162 g/mol. The number of rotatable bonds is 1. The lowest BCUT2D eigenvalue weighted by molar-refractivity contribution is 0.787. The van der Waals surface area contributed by atoms with Gasteiger partial charge in [0.15, 0.2) is 0 Å². The third kappa shape index (κ3) is 1.43. The van der Waals surface area contributed by atoms with Crippen LogP contribution in [0.1, 0.15) is 12.0 Å².